The van der Waals surface area contributed by atoms with E-state index in [-0.39, 0.29) is 37.1 Å². The molecule has 0 saturated carbocycles. The van der Waals surface area contributed by atoms with Crippen molar-refractivity contribution in [2.24, 2.45) is 0 Å². The molecule has 9 heteroatoms. The van der Waals surface area contributed by atoms with E-state index in [2.05, 4.69) is 10.1 Å². The van der Waals surface area contributed by atoms with Crippen molar-refractivity contribution in [1.82, 2.24) is 5.32 Å². The number of hydrogen-bond donors (Lipinski definition) is 2. The SMILES string of the molecule is COC(=O)CCNC(=O)c1ccc(OCc2ccsc2)cc1OC(CCC(=O)O)c1ccccc1C. The van der Waals surface area contributed by atoms with E-state index in [9.17, 15) is 19.5 Å². The highest BCUT2D eigenvalue weighted by Crippen LogP contribution is 2.33. The average molecular weight is 512 g/mol. The topological polar surface area (TPSA) is 111 Å². The third kappa shape index (κ3) is 7.84. The number of hydrogen-bond acceptors (Lipinski definition) is 7. The number of carboxylic acids is 1. The number of ether oxygens (including phenoxy) is 3. The molecule has 2 N–H and O–H groups in total. The van der Waals surface area contributed by atoms with Crippen LogP contribution in [0.2, 0.25) is 0 Å². The lowest BCUT2D eigenvalue weighted by Gasteiger charge is -2.23. The Balaban J connectivity index is 1.88. The zero-order chi connectivity index (χ0) is 25.9. The first kappa shape index (κ1) is 26.7. The molecule has 0 aliphatic heterocycles. The van der Waals surface area contributed by atoms with Gasteiger partial charge in [-0.2, -0.15) is 11.3 Å². The largest absolute Gasteiger partial charge is 0.489 e. The summed E-state index contributed by atoms with van der Waals surface area (Å²) in [5, 5.41) is 15.9. The maximum Gasteiger partial charge on any atom is 0.307 e. The van der Waals surface area contributed by atoms with Crippen molar-refractivity contribution in [1.29, 1.82) is 0 Å². The minimum Gasteiger partial charge on any atom is -0.489 e. The summed E-state index contributed by atoms with van der Waals surface area (Å²) in [7, 11) is 1.29. The fourth-order valence-electron chi connectivity index (χ4n) is 3.53. The number of nitrogens with one attached hydrogen (secondary N) is 1. The number of esters is 1. The average Bonchev–Trinajstić information content (AvgIpc) is 3.39. The van der Waals surface area contributed by atoms with Crippen LogP contribution in [0.1, 0.15) is 52.4 Å². The molecule has 1 atom stereocenters. The molecule has 0 saturated heterocycles. The summed E-state index contributed by atoms with van der Waals surface area (Å²) in [5.41, 5.74) is 3.05. The van der Waals surface area contributed by atoms with E-state index >= 15 is 0 Å². The molecule has 36 heavy (non-hydrogen) atoms. The molecular formula is C27H29NO7S. The molecule has 190 valence electrons. The smallest absolute Gasteiger partial charge is 0.307 e. The number of aliphatic carboxylic acids is 1. The van der Waals surface area contributed by atoms with Crippen molar-refractivity contribution in [3.8, 4) is 11.5 Å². The van der Waals surface area contributed by atoms with Gasteiger partial charge in [-0.1, -0.05) is 24.3 Å². The Hall–Kier alpha value is -3.85. The first-order chi connectivity index (χ1) is 17.4. The third-order valence-corrected chi connectivity index (χ3v) is 6.18. The lowest BCUT2D eigenvalue weighted by molar-refractivity contribution is -0.140. The number of amides is 1. The first-order valence-electron chi connectivity index (χ1n) is 11.4. The molecule has 0 bridgehead atoms. The van der Waals surface area contributed by atoms with Gasteiger partial charge in [0.1, 0.15) is 24.2 Å². The molecule has 3 aromatic rings. The van der Waals surface area contributed by atoms with Gasteiger partial charge < -0.3 is 24.6 Å². The monoisotopic (exact) mass is 511 g/mol. The standard InChI is InChI=1S/C27H29NO7S/c1-18-5-3-4-6-21(18)23(9-10-25(29)30)35-24-15-20(34-16-19-12-14-36-17-19)7-8-22(24)27(32)28-13-11-26(31)33-2/h3-8,12,14-15,17,23H,9-11,13,16H2,1-2H3,(H,28,32)(H,29,30). The molecule has 1 aromatic heterocycles. The number of benzene rings is 2. The second kappa shape index (κ2) is 13.3. The summed E-state index contributed by atoms with van der Waals surface area (Å²) in [4.78, 5) is 35.7. The van der Waals surface area contributed by atoms with Crippen LogP contribution in [0.5, 0.6) is 11.5 Å². The van der Waals surface area contributed by atoms with Gasteiger partial charge in [0.2, 0.25) is 0 Å². The molecule has 0 radical (unpaired) electrons. The van der Waals surface area contributed by atoms with E-state index in [1.807, 2.05) is 48.0 Å². The molecule has 0 aliphatic rings. The Bertz CT molecular complexity index is 1180. The third-order valence-electron chi connectivity index (χ3n) is 5.45. The van der Waals surface area contributed by atoms with Gasteiger partial charge in [0.25, 0.3) is 5.91 Å². The van der Waals surface area contributed by atoms with Crippen LogP contribution >= 0.6 is 11.3 Å². The Morgan fingerprint density at radius 2 is 1.89 bits per heavy atom. The lowest BCUT2D eigenvalue weighted by Crippen LogP contribution is -2.27. The number of methoxy groups -OCH3 is 1. The summed E-state index contributed by atoms with van der Waals surface area (Å²) in [6, 6.07) is 14.4. The van der Waals surface area contributed by atoms with E-state index < -0.39 is 23.9 Å². The Labute approximate surface area is 213 Å². The van der Waals surface area contributed by atoms with Crippen LogP contribution in [0.3, 0.4) is 0 Å². The van der Waals surface area contributed by atoms with Gasteiger partial charge in [0.05, 0.1) is 19.1 Å². The normalized spacial score (nSPS) is 11.4. The maximum absolute atomic E-state index is 13.0. The summed E-state index contributed by atoms with van der Waals surface area (Å²) in [5.74, 6) is -1.04. The van der Waals surface area contributed by atoms with E-state index in [4.69, 9.17) is 9.47 Å². The van der Waals surface area contributed by atoms with E-state index in [1.165, 1.54) is 7.11 Å². The second-order valence-electron chi connectivity index (χ2n) is 8.06. The fourth-order valence-corrected chi connectivity index (χ4v) is 4.18. The number of rotatable bonds is 13. The van der Waals surface area contributed by atoms with Crippen LogP contribution in [-0.2, 0) is 20.9 Å². The summed E-state index contributed by atoms with van der Waals surface area (Å²) in [6.07, 6.45) is -0.460. The summed E-state index contributed by atoms with van der Waals surface area (Å²) < 4.78 is 16.8. The molecule has 3 rings (SSSR count). The molecule has 8 nitrogen and oxygen atoms in total. The summed E-state index contributed by atoms with van der Waals surface area (Å²) >= 11 is 1.57. The Morgan fingerprint density at radius 1 is 1.08 bits per heavy atom. The van der Waals surface area contributed by atoms with Crippen LogP contribution in [0.4, 0.5) is 0 Å². The minimum atomic E-state index is -0.939. The molecule has 1 heterocycles. The summed E-state index contributed by atoms with van der Waals surface area (Å²) in [6.45, 7) is 2.38. The van der Waals surface area contributed by atoms with Crippen molar-refractivity contribution in [3.63, 3.8) is 0 Å². The molecule has 2 aromatic carbocycles. The predicted molar refractivity (Wildman–Crippen MR) is 135 cm³/mol. The van der Waals surface area contributed by atoms with Crippen LogP contribution in [0.15, 0.2) is 59.3 Å². The molecule has 0 spiro atoms. The maximum atomic E-state index is 13.0. The van der Waals surface area contributed by atoms with E-state index in [0.29, 0.717) is 12.4 Å². The van der Waals surface area contributed by atoms with Crippen LogP contribution in [0.25, 0.3) is 0 Å². The van der Waals surface area contributed by atoms with Gasteiger partial charge in [-0.05, 0) is 59.0 Å². The van der Waals surface area contributed by atoms with Crippen LogP contribution in [-0.4, -0.2) is 36.6 Å². The molecule has 0 fully saturated rings. The molecule has 1 amide bonds. The van der Waals surface area contributed by atoms with Gasteiger partial charge in [0, 0.05) is 19.0 Å². The minimum absolute atomic E-state index is 0.0325. The van der Waals surface area contributed by atoms with Crippen molar-refractivity contribution >= 4 is 29.2 Å². The zero-order valence-electron chi connectivity index (χ0n) is 20.2. The zero-order valence-corrected chi connectivity index (χ0v) is 21.0. The Morgan fingerprint density at radius 3 is 2.58 bits per heavy atom. The second-order valence-corrected chi connectivity index (χ2v) is 8.84. The lowest BCUT2D eigenvalue weighted by atomic mass is 9.99. The van der Waals surface area contributed by atoms with Gasteiger partial charge >= 0.3 is 11.9 Å². The molecular weight excluding hydrogens is 482 g/mol. The predicted octanol–water partition coefficient (Wildman–Crippen LogP) is 4.91. The molecule has 0 aliphatic carbocycles. The van der Waals surface area contributed by atoms with E-state index in [0.717, 1.165) is 16.7 Å². The van der Waals surface area contributed by atoms with Gasteiger partial charge in [0.15, 0.2) is 0 Å². The van der Waals surface area contributed by atoms with Gasteiger partial charge in [-0.3, -0.25) is 14.4 Å². The first-order valence-corrected chi connectivity index (χ1v) is 12.4. The van der Waals surface area contributed by atoms with Crippen molar-refractivity contribution in [2.75, 3.05) is 13.7 Å². The van der Waals surface area contributed by atoms with Crippen molar-refractivity contribution < 1.29 is 33.7 Å². The van der Waals surface area contributed by atoms with Gasteiger partial charge in [-0.25, -0.2) is 0 Å². The number of thiophene rings is 1. The Kier molecular flexibility index (Phi) is 9.88. The highest BCUT2D eigenvalue weighted by molar-refractivity contribution is 7.07. The van der Waals surface area contributed by atoms with Crippen molar-refractivity contribution in [3.05, 3.63) is 81.5 Å². The number of aryl methyl sites for hydroxylation is 1. The fraction of sp³-hybridized carbons (Fsp3) is 0.296. The number of carbonyl (C=O) groups excluding carboxylic acids is 2. The molecule has 1 unspecified atom stereocenters. The number of carboxylic acid groups (broad SMARTS) is 1. The highest BCUT2D eigenvalue weighted by Gasteiger charge is 2.22. The van der Waals surface area contributed by atoms with Gasteiger partial charge in [-0.15, -0.1) is 0 Å². The van der Waals surface area contributed by atoms with E-state index in [1.54, 1.807) is 29.5 Å². The quantitative estimate of drug-likeness (QED) is 0.314. The highest BCUT2D eigenvalue weighted by atomic mass is 32.1. The van der Waals surface area contributed by atoms with Crippen LogP contribution in [0, 0.1) is 6.92 Å². The number of carbonyl (C=O) groups is 3. The van der Waals surface area contributed by atoms with Crippen molar-refractivity contribution in [2.45, 2.75) is 38.9 Å². The van der Waals surface area contributed by atoms with Crippen LogP contribution < -0.4 is 14.8 Å².